The van der Waals surface area contributed by atoms with E-state index in [2.05, 4.69) is 4.72 Å². The van der Waals surface area contributed by atoms with Crippen LogP contribution < -0.4 is 4.72 Å². The fraction of sp³-hybridized carbons (Fsp3) is 0.462. The Morgan fingerprint density at radius 1 is 1.50 bits per heavy atom. The molecule has 1 aliphatic rings. The summed E-state index contributed by atoms with van der Waals surface area (Å²) in [5.74, 6) is -0.837. The van der Waals surface area contributed by atoms with Gasteiger partial charge >= 0.3 is 0 Å². The number of sulfonamides is 1. The van der Waals surface area contributed by atoms with Crippen molar-refractivity contribution in [1.29, 1.82) is 5.26 Å². The van der Waals surface area contributed by atoms with Gasteiger partial charge in [-0.15, -0.1) is 0 Å². The van der Waals surface area contributed by atoms with Gasteiger partial charge in [-0.3, -0.25) is 0 Å². The van der Waals surface area contributed by atoms with Crippen LogP contribution in [-0.4, -0.2) is 27.2 Å². The number of nitrogens with zero attached hydrogens (tertiary/aromatic N) is 1. The van der Waals surface area contributed by atoms with E-state index >= 15 is 0 Å². The molecule has 1 saturated heterocycles. The Kier molecular flexibility index (Phi) is 4.38. The molecule has 0 amide bonds. The smallest absolute Gasteiger partial charge is 0.242 e. The lowest BCUT2D eigenvalue weighted by atomic mass is 10.1. The number of nitrogens with one attached hydrogen (secondary N) is 1. The van der Waals surface area contributed by atoms with Gasteiger partial charge in [-0.05, 0) is 31.9 Å². The first-order chi connectivity index (χ1) is 9.44. The molecule has 20 heavy (non-hydrogen) atoms. The van der Waals surface area contributed by atoms with Gasteiger partial charge in [0.2, 0.25) is 10.0 Å². The summed E-state index contributed by atoms with van der Waals surface area (Å²) in [6.45, 7) is 2.34. The van der Waals surface area contributed by atoms with Crippen LogP contribution in [0.1, 0.15) is 25.3 Å². The maximum absolute atomic E-state index is 13.5. The van der Waals surface area contributed by atoms with Gasteiger partial charge in [0.15, 0.2) is 0 Å². The first kappa shape index (κ1) is 14.9. The molecule has 2 rings (SSSR count). The van der Waals surface area contributed by atoms with Gasteiger partial charge in [0, 0.05) is 12.6 Å². The molecule has 0 bridgehead atoms. The molecule has 0 saturated carbocycles. The number of hydrogen-bond acceptors (Lipinski definition) is 4. The van der Waals surface area contributed by atoms with Crippen LogP contribution in [0.3, 0.4) is 0 Å². The summed E-state index contributed by atoms with van der Waals surface area (Å²) >= 11 is 0. The number of benzene rings is 1. The van der Waals surface area contributed by atoms with Crippen LogP contribution in [0.15, 0.2) is 23.1 Å². The molecule has 1 N–H and O–H groups in total. The van der Waals surface area contributed by atoms with Gasteiger partial charge in [0.25, 0.3) is 0 Å². The Labute approximate surface area is 117 Å². The summed E-state index contributed by atoms with van der Waals surface area (Å²) in [6, 6.07) is 4.90. The highest BCUT2D eigenvalue weighted by Crippen LogP contribution is 2.20. The molecule has 0 aromatic heterocycles. The van der Waals surface area contributed by atoms with Crippen molar-refractivity contribution in [3.05, 3.63) is 29.6 Å². The minimum Gasteiger partial charge on any atom is -0.378 e. The molecule has 1 aromatic rings. The van der Waals surface area contributed by atoms with Crippen LogP contribution in [0, 0.1) is 17.1 Å². The van der Waals surface area contributed by atoms with Crippen LogP contribution in [0.2, 0.25) is 0 Å². The molecule has 5 nitrogen and oxygen atoms in total. The van der Waals surface area contributed by atoms with E-state index in [9.17, 15) is 12.8 Å². The third-order valence-corrected chi connectivity index (χ3v) is 4.75. The maximum Gasteiger partial charge on any atom is 0.242 e. The molecule has 1 fully saturated rings. The molecule has 0 spiro atoms. The predicted molar refractivity (Wildman–Crippen MR) is 69.9 cm³/mol. The fourth-order valence-corrected chi connectivity index (χ4v) is 3.67. The molecule has 0 aliphatic carbocycles. The lowest BCUT2D eigenvalue weighted by Crippen LogP contribution is -2.41. The monoisotopic (exact) mass is 298 g/mol. The fourth-order valence-electron chi connectivity index (χ4n) is 2.22. The van der Waals surface area contributed by atoms with E-state index in [1.807, 2.05) is 6.92 Å². The van der Waals surface area contributed by atoms with Crippen molar-refractivity contribution >= 4 is 10.0 Å². The van der Waals surface area contributed by atoms with Crippen molar-refractivity contribution < 1.29 is 17.5 Å². The minimum absolute atomic E-state index is 0.0283. The van der Waals surface area contributed by atoms with Gasteiger partial charge in [0.1, 0.15) is 22.3 Å². The number of hydrogen-bond donors (Lipinski definition) is 1. The van der Waals surface area contributed by atoms with Crippen molar-refractivity contribution in [1.82, 2.24) is 4.72 Å². The van der Waals surface area contributed by atoms with Crippen LogP contribution in [0.25, 0.3) is 0 Å². The zero-order chi connectivity index (χ0) is 14.8. The molecule has 0 radical (unpaired) electrons. The molecule has 108 valence electrons. The SMILES string of the molecule is CC1CC(NS(=O)(=O)c2cccc(F)c2C#N)CCO1. The van der Waals surface area contributed by atoms with Gasteiger partial charge < -0.3 is 4.74 Å². The Morgan fingerprint density at radius 3 is 2.90 bits per heavy atom. The van der Waals surface area contributed by atoms with E-state index in [1.165, 1.54) is 12.1 Å². The molecule has 1 aromatic carbocycles. The van der Waals surface area contributed by atoms with Gasteiger partial charge in [0.05, 0.1) is 6.10 Å². The van der Waals surface area contributed by atoms with Crippen LogP contribution in [-0.2, 0) is 14.8 Å². The zero-order valence-electron chi connectivity index (χ0n) is 11.0. The second kappa shape index (κ2) is 5.87. The van der Waals surface area contributed by atoms with Crippen LogP contribution in [0.5, 0.6) is 0 Å². The number of nitriles is 1. The maximum atomic E-state index is 13.5. The summed E-state index contributed by atoms with van der Waals surface area (Å²) in [7, 11) is -3.92. The Morgan fingerprint density at radius 2 is 2.25 bits per heavy atom. The van der Waals surface area contributed by atoms with E-state index < -0.39 is 21.4 Å². The highest BCUT2D eigenvalue weighted by Gasteiger charge is 2.27. The first-order valence-electron chi connectivity index (χ1n) is 6.26. The number of rotatable bonds is 3. The molecular weight excluding hydrogens is 283 g/mol. The summed E-state index contributed by atoms with van der Waals surface area (Å²) in [4.78, 5) is -0.320. The number of ether oxygens (including phenoxy) is 1. The summed E-state index contributed by atoms with van der Waals surface area (Å²) in [6.07, 6.45) is 1.08. The predicted octanol–water partition coefficient (Wildman–Crippen LogP) is 1.54. The average Bonchev–Trinajstić information content (AvgIpc) is 2.38. The van der Waals surface area contributed by atoms with Crippen molar-refractivity contribution in [3.8, 4) is 6.07 Å². The zero-order valence-corrected chi connectivity index (χ0v) is 11.8. The third-order valence-electron chi connectivity index (χ3n) is 3.18. The summed E-state index contributed by atoms with van der Waals surface area (Å²) in [5.41, 5.74) is -0.458. The van der Waals surface area contributed by atoms with Crippen LogP contribution >= 0.6 is 0 Å². The van der Waals surface area contributed by atoms with E-state index in [1.54, 1.807) is 6.07 Å². The number of halogens is 1. The van der Waals surface area contributed by atoms with Crippen molar-refractivity contribution in [2.24, 2.45) is 0 Å². The van der Waals surface area contributed by atoms with Gasteiger partial charge in [-0.2, -0.15) is 5.26 Å². The molecule has 2 unspecified atom stereocenters. The van der Waals surface area contributed by atoms with E-state index in [0.717, 1.165) is 6.07 Å². The quantitative estimate of drug-likeness (QED) is 0.918. The molecular formula is C13H15FN2O3S. The van der Waals surface area contributed by atoms with Crippen molar-refractivity contribution in [3.63, 3.8) is 0 Å². The average molecular weight is 298 g/mol. The lowest BCUT2D eigenvalue weighted by molar-refractivity contribution is 0.0173. The topological polar surface area (TPSA) is 79.2 Å². The van der Waals surface area contributed by atoms with Crippen molar-refractivity contribution in [2.45, 2.75) is 36.8 Å². The molecule has 7 heteroatoms. The van der Waals surface area contributed by atoms with Gasteiger partial charge in [-0.1, -0.05) is 6.07 Å². The minimum atomic E-state index is -3.92. The highest BCUT2D eigenvalue weighted by molar-refractivity contribution is 7.89. The standard InChI is InChI=1S/C13H15FN2O3S/c1-9-7-10(5-6-19-9)16-20(17,18)13-4-2-3-12(14)11(13)8-15/h2-4,9-10,16H,5-7H2,1H3. The normalized spacial score (nSPS) is 23.2. The Bertz CT molecular complexity index is 640. The van der Waals surface area contributed by atoms with Crippen molar-refractivity contribution in [2.75, 3.05) is 6.61 Å². The highest BCUT2D eigenvalue weighted by atomic mass is 32.2. The third kappa shape index (κ3) is 3.15. The molecule has 2 atom stereocenters. The Hall–Kier alpha value is -1.49. The van der Waals surface area contributed by atoms with Crippen LogP contribution in [0.4, 0.5) is 4.39 Å². The molecule has 1 heterocycles. The van der Waals surface area contributed by atoms with Gasteiger partial charge in [-0.25, -0.2) is 17.5 Å². The largest absolute Gasteiger partial charge is 0.378 e. The Balaban J connectivity index is 2.27. The van der Waals surface area contributed by atoms with E-state index in [4.69, 9.17) is 10.00 Å². The summed E-state index contributed by atoms with van der Waals surface area (Å²) < 4.78 is 45.9. The van der Waals surface area contributed by atoms with E-state index in [-0.39, 0.29) is 17.0 Å². The first-order valence-corrected chi connectivity index (χ1v) is 7.75. The van der Waals surface area contributed by atoms with E-state index in [0.29, 0.717) is 19.4 Å². The second-order valence-electron chi connectivity index (χ2n) is 4.75. The molecule has 1 aliphatic heterocycles. The lowest BCUT2D eigenvalue weighted by Gasteiger charge is -2.27. The summed E-state index contributed by atoms with van der Waals surface area (Å²) in [5, 5.41) is 8.91. The second-order valence-corrected chi connectivity index (χ2v) is 6.43.